The van der Waals surface area contributed by atoms with E-state index in [1.165, 1.54) is 25.7 Å². The first-order valence-corrected chi connectivity index (χ1v) is 6.74. The number of hydrogen-bond donors (Lipinski definition) is 1. The summed E-state index contributed by atoms with van der Waals surface area (Å²) >= 11 is 3.57. The van der Waals surface area contributed by atoms with Crippen LogP contribution in [0.2, 0.25) is 0 Å². The second-order valence-corrected chi connectivity index (χ2v) is 5.82. The molecule has 1 N–H and O–H groups in total. The van der Waals surface area contributed by atoms with Crippen molar-refractivity contribution in [2.24, 2.45) is 5.41 Å². The van der Waals surface area contributed by atoms with Gasteiger partial charge >= 0.3 is 0 Å². The van der Waals surface area contributed by atoms with Gasteiger partial charge in [-0.25, -0.2) is 0 Å². The molecule has 0 bridgehead atoms. The molecule has 86 valence electrons. The summed E-state index contributed by atoms with van der Waals surface area (Å²) in [7, 11) is 0. The highest BCUT2D eigenvalue weighted by Gasteiger charge is 2.36. The number of rotatable bonds is 0. The quantitative estimate of drug-likeness (QED) is 0.781. The predicted octanol–water partition coefficient (Wildman–Crippen LogP) is 3.81. The summed E-state index contributed by atoms with van der Waals surface area (Å²) in [5.41, 5.74) is 1.49. The van der Waals surface area contributed by atoms with E-state index in [1.807, 2.05) is 12.1 Å². The molecule has 0 amide bonds. The van der Waals surface area contributed by atoms with Gasteiger partial charge in [-0.15, -0.1) is 0 Å². The summed E-state index contributed by atoms with van der Waals surface area (Å²) < 4.78 is 7.07. The Morgan fingerprint density at radius 3 is 2.88 bits per heavy atom. The number of hydrogen-bond acceptors (Lipinski definition) is 2. The highest BCUT2D eigenvalue weighted by atomic mass is 79.9. The Labute approximate surface area is 105 Å². The van der Waals surface area contributed by atoms with Crippen molar-refractivity contribution < 1.29 is 4.74 Å². The van der Waals surface area contributed by atoms with E-state index < -0.39 is 0 Å². The zero-order valence-corrected chi connectivity index (χ0v) is 10.8. The Bertz CT molecular complexity index is 399. The minimum atomic E-state index is 0.373. The van der Waals surface area contributed by atoms with Gasteiger partial charge in [0.1, 0.15) is 5.75 Å². The fraction of sp³-hybridized carbons (Fsp3) is 0.538. The van der Waals surface area contributed by atoms with Crippen molar-refractivity contribution in [3.63, 3.8) is 0 Å². The molecule has 0 unspecified atom stereocenters. The van der Waals surface area contributed by atoms with Crippen molar-refractivity contribution in [3.05, 3.63) is 22.7 Å². The SMILES string of the molecule is Brc1cccc2c1NCC1(CCCC1)CO2. The van der Waals surface area contributed by atoms with Crippen LogP contribution in [0.1, 0.15) is 25.7 Å². The third-order valence-electron chi connectivity index (χ3n) is 3.81. The van der Waals surface area contributed by atoms with Crippen LogP contribution in [0.3, 0.4) is 0 Å². The molecule has 3 rings (SSSR count). The molecule has 1 aliphatic carbocycles. The van der Waals surface area contributed by atoms with Crippen LogP contribution in [-0.4, -0.2) is 13.2 Å². The topological polar surface area (TPSA) is 21.3 Å². The monoisotopic (exact) mass is 281 g/mol. The maximum Gasteiger partial charge on any atom is 0.143 e. The fourth-order valence-corrected chi connectivity index (χ4v) is 3.29. The number of ether oxygens (including phenoxy) is 1. The summed E-state index contributed by atoms with van der Waals surface area (Å²) in [5, 5.41) is 3.55. The van der Waals surface area contributed by atoms with Gasteiger partial charge in [0.05, 0.1) is 12.3 Å². The largest absolute Gasteiger partial charge is 0.491 e. The molecule has 0 saturated heterocycles. The van der Waals surface area contributed by atoms with Crippen LogP contribution in [0.4, 0.5) is 5.69 Å². The zero-order chi connectivity index (χ0) is 11.0. The van der Waals surface area contributed by atoms with E-state index in [0.29, 0.717) is 5.41 Å². The normalized spacial score (nSPS) is 22.1. The number of halogens is 1. The van der Waals surface area contributed by atoms with Gasteiger partial charge in [0, 0.05) is 16.4 Å². The zero-order valence-electron chi connectivity index (χ0n) is 9.26. The third kappa shape index (κ3) is 1.71. The Morgan fingerprint density at radius 1 is 1.25 bits per heavy atom. The maximum absolute atomic E-state index is 5.97. The molecular formula is C13H16BrNO. The number of nitrogens with one attached hydrogen (secondary N) is 1. The van der Waals surface area contributed by atoms with E-state index in [2.05, 4.69) is 27.3 Å². The molecule has 1 aromatic rings. The standard InChI is InChI=1S/C13H16BrNO/c14-10-4-3-5-11-12(10)15-8-13(9-16-11)6-1-2-7-13/h3-5,15H,1-2,6-9H2. The summed E-state index contributed by atoms with van der Waals surface area (Å²) in [6.07, 6.45) is 5.29. The first kappa shape index (κ1) is 10.5. The minimum Gasteiger partial charge on any atom is -0.491 e. The first-order valence-electron chi connectivity index (χ1n) is 5.94. The Kier molecular flexibility index (Phi) is 2.58. The van der Waals surface area contributed by atoms with Crippen molar-refractivity contribution >= 4 is 21.6 Å². The van der Waals surface area contributed by atoms with Gasteiger partial charge in [-0.05, 0) is 40.9 Å². The van der Waals surface area contributed by atoms with Crippen molar-refractivity contribution in [1.29, 1.82) is 0 Å². The van der Waals surface area contributed by atoms with Crippen LogP contribution in [0.15, 0.2) is 22.7 Å². The van der Waals surface area contributed by atoms with E-state index in [9.17, 15) is 0 Å². The number of benzene rings is 1. The van der Waals surface area contributed by atoms with Gasteiger partial charge in [-0.1, -0.05) is 18.9 Å². The second kappa shape index (κ2) is 3.95. The van der Waals surface area contributed by atoms with Crippen LogP contribution in [0, 0.1) is 5.41 Å². The van der Waals surface area contributed by atoms with E-state index in [4.69, 9.17) is 4.74 Å². The highest BCUT2D eigenvalue weighted by molar-refractivity contribution is 9.10. The van der Waals surface area contributed by atoms with Gasteiger partial charge in [0.2, 0.25) is 0 Å². The lowest BCUT2D eigenvalue weighted by molar-refractivity contribution is 0.169. The second-order valence-electron chi connectivity index (χ2n) is 4.96. The maximum atomic E-state index is 5.97. The average Bonchev–Trinajstić information content (AvgIpc) is 2.65. The van der Waals surface area contributed by atoms with E-state index in [1.54, 1.807) is 0 Å². The molecule has 0 atom stereocenters. The van der Waals surface area contributed by atoms with Crippen molar-refractivity contribution in [2.75, 3.05) is 18.5 Å². The minimum absolute atomic E-state index is 0.373. The molecule has 1 heterocycles. The smallest absolute Gasteiger partial charge is 0.143 e. The Balaban J connectivity index is 1.89. The van der Waals surface area contributed by atoms with Crippen LogP contribution in [0.25, 0.3) is 0 Å². The Hall–Kier alpha value is -0.700. The lowest BCUT2D eigenvalue weighted by Crippen LogP contribution is -2.30. The van der Waals surface area contributed by atoms with E-state index in [0.717, 1.165) is 29.1 Å². The van der Waals surface area contributed by atoms with E-state index in [-0.39, 0.29) is 0 Å². The fourth-order valence-electron chi connectivity index (χ4n) is 2.80. The van der Waals surface area contributed by atoms with Crippen molar-refractivity contribution in [2.45, 2.75) is 25.7 Å². The molecule has 3 heteroatoms. The molecule has 2 aliphatic rings. The van der Waals surface area contributed by atoms with Crippen LogP contribution >= 0.6 is 15.9 Å². The lowest BCUT2D eigenvalue weighted by Gasteiger charge is -2.25. The molecule has 1 saturated carbocycles. The molecule has 1 fully saturated rings. The van der Waals surface area contributed by atoms with Gasteiger partial charge < -0.3 is 10.1 Å². The van der Waals surface area contributed by atoms with Gasteiger partial charge in [-0.3, -0.25) is 0 Å². The molecule has 0 radical (unpaired) electrons. The molecule has 1 aromatic carbocycles. The van der Waals surface area contributed by atoms with Gasteiger partial charge in [0.15, 0.2) is 0 Å². The molecule has 2 nitrogen and oxygen atoms in total. The summed E-state index contributed by atoms with van der Waals surface area (Å²) in [4.78, 5) is 0. The number of anilines is 1. The number of para-hydroxylation sites is 1. The molecule has 16 heavy (non-hydrogen) atoms. The van der Waals surface area contributed by atoms with Gasteiger partial charge in [-0.2, -0.15) is 0 Å². The molecule has 1 aliphatic heterocycles. The summed E-state index contributed by atoms with van der Waals surface area (Å²) in [6, 6.07) is 6.13. The number of fused-ring (bicyclic) bond motifs is 1. The lowest BCUT2D eigenvalue weighted by atomic mass is 9.87. The molecule has 0 aromatic heterocycles. The summed E-state index contributed by atoms with van der Waals surface area (Å²) in [5.74, 6) is 0.984. The third-order valence-corrected chi connectivity index (χ3v) is 4.47. The van der Waals surface area contributed by atoms with Gasteiger partial charge in [0.25, 0.3) is 0 Å². The van der Waals surface area contributed by atoms with Crippen LogP contribution in [-0.2, 0) is 0 Å². The van der Waals surface area contributed by atoms with Crippen molar-refractivity contribution in [3.8, 4) is 5.75 Å². The van der Waals surface area contributed by atoms with Crippen molar-refractivity contribution in [1.82, 2.24) is 0 Å². The van der Waals surface area contributed by atoms with Crippen LogP contribution < -0.4 is 10.1 Å². The average molecular weight is 282 g/mol. The van der Waals surface area contributed by atoms with Crippen LogP contribution in [0.5, 0.6) is 5.75 Å². The summed E-state index contributed by atoms with van der Waals surface area (Å²) in [6.45, 7) is 1.91. The molecular weight excluding hydrogens is 266 g/mol. The Morgan fingerprint density at radius 2 is 2.06 bits per heavy atom. The molecule has 1 spiro atoms. The predicted molar refractivity (Wildman–Crippen MR) is 69.0 cm³/mol. The van der Waals surface area contributed by atoms with E-state index >= 15 is 0 Å². The first-order chi connectivity index (χ1) is 7.79. The highest BCUT2D eigenvalue weighted by Crippen LogP contribution is 2.43.